The van der Waals surface area contributed by atoms with Crippen LogP contribution in [0.15, 0.2) is 0 Å². The van der Waals surface area contributed by atoms with E-state index in [4.69, 9.17) is 9.47 Å². The van der Waals surface area contributed by atoms with Crippen LogP contribution in [0.3, 0.4) is 0 Å². The average Bonchev–Trinajstić information content (AvgIpc) is 2.72. The maximum atomic E-state index is 12.4. The molecule has 164 valence electrons. The molecule has 1 aliphatic carbocycles. The average molecular weight is 397 g/mol. The van der Waals surface area contributed by atoms with E-state index in [-0.39, 0.29) is 23.8 Å². The Labute approximate surface area is 173 Å². The molecule has 28 heavy (non-hydrogen) atoms. The minimum Gasteiger partial charge on any atom is -0.465 e. The molecule has 0 N–H and O–H groups in total. The monoisotopic (exact) mass is 396 g/mol. The predicted molar refractivity (Wildman–Crippen MR) is 114 cm³/mol. The first-order valence-electron chi connectivity index (χ1n) is 12.0. The van der Waals surface area contributed by atoms with Gasteiger partial charge in [-0.2, -0.15) is 0 Å². The summed E-state index contributed by atoms with van der Waals surface area (Å²) < 4.78 is 10.8. The molecule has 4 nitrogen and oxygen atoms in total. The summed E-state index contributed by atoms with van der Waals surface area (Å²) in [6.45, 7) is 5.17. The fraction of sp³-hybridized carbons (Fsp3) is 0.917. The quantitative estimate of drug-likeness (QED) is 0.218. The van der Waals surface area contributed by atoms with Gasteiger partial charge in [-0.05, 0) is 25.7 Å². The molecule has 0 amide bonds. The van der Waals surface area contributed by atoms with Crippen LogP contribution in [0.1, 0.15) is 117 Å². The number of carbonyl (C=O) groups is 2. The molecule has 4 heteroatoms. The third kappa shape index (κ3) is 11.1. The Morgan fingerprint density at radius 3 is 1.50 bits per heavy atom. The molecule has 2 atom stereocenters. The van der Waals surface area contributed by atoms with Crippen molar-refractivity contribution in [1.29, 1.82) is 0 Å². The van der Waals surface area contributed by atoms with Crippen LogP contribution in [0.4, 0.5) is 0 Å². The van der Waals surface area contributed by atoms with Gasteiger partial charge in [0.25, 0.3) is 0 Å². The van der Waals surface area contributed by atoms with Crippen molar-refractivity contribution in [3.8, 4) is 0 Å². The van der Waals surface area contributed by atoms with E-state index in [1.807, 2.05) is 6.92 Å². The van der Waals surface area contributed by atoms with Gasteiger partial charge in [-0.1, -0.05) is 90.9 Å². The zero-order chi connectivity index (χ0) is 20.5. The Morgan fingerprint density at radius 1 is 0.607 bits per heavy atom. The van der Waals surface area contributed by atoms with Crippen molar-refractivity contribution >= 4 is 11.9 Å². The summed E-state index contributed by atoms with van der Waals surface area (Å²) in [5.41, 5.74) is 0. The molecule has 1 rings (SSSR count). The Hall–Kier alpha value is -1.06. The normalized spacial score (nSPS) is 19.4. The van der Waals surface area contributed by atoms with Gasteiger partial charge in [0.1, 0.15) is 0 Å². The standard InChI is InChI=1S/C24H44O4/c1-3-5-6-7-8-9-10-11-12-13-16-20-28-24(26)22-18-15-14-17-21(22)23(25)27-19-4-2/h21-22H,3-20H2,1-2H3. The molecule has 0 radical (unpaired) electrons. The molecule has 1 aliphatic rings. The molecule has 0 aromatic carbocycles. The predicted octanol–water partition coefficient (Wildman–Crippen LogP) is 6.60. The summed E-state index contributed by atoms with van der Waals surface area (Å²) in [7, 11) is 0. The van der Waals surface area contributed by atoms with Gasteiger partial charge in [0.2, 0.25) is 0 Å². The number of ether oxygens (including phenoxy) is 2. The van der Waals surface area contributed by atoms with Crippen molar-refractivity contribution in [3.63, 3.8) is 0 Å². The SMILES string of the molecule is CCCCCCCCCCCCCOC(=O)C1CCCCC1C(=O)OCCC. The van der Waals surface area contributed by atoms with E-state index in [1.165, 1.54) is 57.8 Å². The molecule has 1 saturated carbocycles. The van der Waals surface area contributed by atoms with Crippen LogP contribution < -0.4 is 0 Å². The zero-order valence-corrected chi connectivity index (χ0v) is 18.5. The van der Waals surface area contributed by atoms with E-state index in [9.17, 15) is 9.59 Å². The Balaban J connectivity index is 2.07. The van der Waals surface area contributed by atoms with Crippen molar-refractivity contribution in [2.24, 2.45) is 11.8 Å². The maximum Gasteiger partial charge on any atom is 0.309 e. The third-order valence-electron chi connectivity index (χ3n) is 5.81. The van der Waals surface area contributed by atoms with Crippen molar-refractivity contribution in [3.05, 3.63) is 0 Å². The maximum absolute atomic E-state index is 12.4. The lowest BCUT2D eigenvalue weighted by molar-refractivity contribution is -0.163. The molecule has 0 saturated heterocycles. The summed E-state index contributed by atoms with van der Waals surface area (Å²) >= 11 is 0. The zero-order valence-electron chi connectivity index (χ0n) is 18.5. The first kappa shape index (κ1) is 25.0. The molecule has 0 aromatic rings. The Kier molecular flexibility index (Phi) is 15.0. The van der Waals surface area contributed by atoms with E-state index in [2.05, 4.69) is 6.92 Å². The summed E-state index contributed by atoms with van der Waals surface area (Å²) in [5.74, 6) is -1.00. The van der Waals surface area contributed by atoms with Crippen molar-refractivity contribution in [2.75, 3.05) is 13.2 Å². The third-order valence-corrected chi connectivity index (χ3v) is 5.81. The van der Waals surface area contributed by atoms with Gasteiger partial charge in [-0.25, -0.2) is 0 Å². The van der Waals surface area contributed by atoms with Crippen LogP contribution in [-0.4, -0.2) is 25.2 Å². The van der Waals surface area contributed by atoms with Gasteiger partial charge < -0.3 is 9.47 Å². The molecule has 0 spiro atoms. The lowest BCUT2D eigenvalue weighted by atomic mass is 9.79. The lowest BCUT2D eigenvalue weighted by Crippen LogP contribution is -2.35. The molecule has 0 heterocycles. The van der Waals surface area contributed by atoms with E-state index in [1.54, 1.807) is 0 Å². The van der Waals surface area contributed by atoms with Crippen LogP contribution in [0.2, 0.25) is 0 Å². The molecule has 0 aromatic heterocycles. The highest BCUT2D eigenvalue weighted by atomic mass is 16.5. The molecular formula is C24H44O4. The minimum atomic E-state index is -0.301. The van der Waals surface area contributed by atoms with Crippen LogP contribution in [0.5, 0.6) is 0 Å². The van der Waals surface area contributed by atoms with Gasteiger partial charge in [0.15, 0.2) is 0 Å². The molecule has 1 fully saturated rings. The number of hydrogen-bond donors (Lipinski definition) is 0. The number of unbranched alkanes of at least 4 members (excludes halogenated alkanes) is 10. The molecular weight excluding hydrogens is 352 g/mol. The van der Waals surface area contributed by atoms with Crippen LogP contribution in [0, 0.1) is 11.8 Å². The fourth-order valence-electron chi connectivity index (χ4n) is 4.05. The highest BCUT2D eigenvalue weighted by Gasteiger charge is 2.37. The van der Waals surface area contributed by atoms with Crippen molar-refractivity contribution in [2.45, 2.75) is 117 Å². The topological polar surface area (TPSA) is 52.6 Å². The first-order chi connectivity index (χ1) is 13.7. The van der Waals surface area contributed by atoms with Crippen LogP contribution in [0.25, 0.3) is 0 Å². The highest BCUT2D eigenvalue weighted by Crippen LogP contribution is 2.32. The highest BCUT2D eigenvalue weighted by molar-refractivity contribution is 5.82. The summed E-state index contributed by atoms with van der Waals surface area (Å²) in [5, 5.41) is 0. The molecule has 2 unspecified atom stereocenters. The van der Waals surface area contributed by atoms with Crippen LogP contribution in [-0.2, 0) is 19.1 Å². The molecule has 0 bridgehead atoms. The summed E-state index contributed by atoms with van der Waals surface area (Å²) in [4.78, 5) is 24.7. The van der Waals surface area contributed by atoms with E-state index in [0.29, 0.717) is 13.2 Å². The number of carbonyl (C=O) groups excluding carboxylic acids is 2. The van der Waals surface area contributed by atoms with E-state index < -0.39 is 0 Å². The molecule has 0 aliphatic heterocycles. The van der Waals surface area contributed by atoms with Gasteiger partial charge in [0.05, 0.1) is 25.0 Å². The summed E-state index contributed by atoms with van der Waals surface area (Å²) in [6.07, 6.45) is 18.4. The van der Waals surface area contributed by atoms with E-state index in [0.717, 1.165) is 44.9 Å². The fourth-order valence-corrected chi connectivity index (χ4v) is 4.05. The number of esters is 2. The first-order valence-corrected chi connectivity index (χ1v) is 12.0. The second-order valence-corrected chi connectivity index (χ2v) is 8.37. The van der Waals surface area contributed by atoms with Gasteiger partial charge in [-0.15, -0.1) is 0 Å². The summed E-state index contributed by atoms with van der Waals surface area (Å²) in [6, 6.07) is 0. The largest absolute Gasteiger partial charge is 0.465 e. The Morgan fingerprint density at radius 2 is 1.04 bits per heavy atom. The Bertz CT molecular complexity index is 407. The van der Waals surface area contributed by atoms with Gasteiger partial charge in [-0.3, -0.25) is 9.59 Å². The van der Waals surface area contributed by atoms with Crippen LogP contribution >= 0.6 is 0 Å². The number of rotatable bonds is 16. The minimum absolute atomic E-state index is 0.190. The second-order valence-electron chi connectivity index (χ2n) is 8.37. The van der Waals surface area contributed by atoms with Crippen molar-refractivity contribution in [1.82, 2.24) is 0 Å². The van der Waals surface area contributed by atoms with Gasteiger partial charge >= 0.3 is 11.9 Å². The van der Waals surface area contributed by atoms with E-state index >= 15 is 0 Å². The second kappa shape index (κ2) is 16.9. The number of hydrogen-bond acceptors (Lipinski definition) is 4. The smallest absolute Gasteiger partial charge is 0.309 e. The van der Waals surface area contributed by atoms with Gasteiger partial charge in [0, 0.05) is 0 Å². The lowest BCUT2D eigenvalue weighted by Gasteiger charge is -2.28. The van der Waals surface area contributed by atoms with Crippen molar-refractivity contribution < 1.29 is 19.1 Å².